The van der Waals surface area contributed by atoms with Crippen molar-refractivity contribution in [1.82, 2.24) is 9.80 Å². The summed E-state index contributed by atoms with van der Waals surface area (Å²) in [5.41, 5.74) is 4.59. The van der Waals surface area contributed by atoms with Gasteiger partial charge >= 0.3 is 0 Å². The topological polar surface area (TPSA) is 26.8 Å². The van der Waals surface area contributed by atoms with E-state index >= 15 is 0 Å². The zero-order chi connectivity index (χ0) is 17.9. The molecule has 26 heavy (non-hydrogen) atoms. The van der Waals surface area contributed by atoms with Crippen molar-refractivity contribution in [2.24, 2.45) is 0 Å². The number of piperazine rings is 1. The SMILES string of the molecule is CCN1CCN(c2cccc3c2CCN(Cc2ccccc2)C3=O)CC1. The molecule has 0 atom stereocenters. The number of hydrogen-bond acceptors (Lipinski definition) is 3. The Kier molecular flexibility index (Phi) is 4.93. The van der Waals surface area contributed by atoms with Crippen molar-refractivity contribution in [3.63, 3.8) is 0 Å². The molecule has 2 heterocycles. The maximum absolute atomic E-state index is 13.1. The second-order valence-corrected chi connectivity index (χ2v) is 7.19. The summed E-state index contributed by atoms with van der Waals surface area (Å²) in [6.07, 6.45) is 0.943. The third-order valence-corrected chi connectivity index (χ3v) is 5.68. The van der Waals surface area contributed by atoms with Crippen LogP contribution in [0, 0.1) is 0 Å². The van der Waals surface area contributed by atoms with Crippen LogP contribution in [0.5, 0.6) is 0 Å². The van der Waals surface area contributed by atoms with E-state index in [4.69, 9.17) is 0 Å². The van der Waals surface area contributed by atoms with Gasteiger partial charge in [-0.3, -0.25) is 4.79 Å². The highest BCUT2D eigenvalue weighted by atomic mass is 16.2. The second-order valence-electron chi connectivity index (χ2n) is 7.19. The molecule has 4 heteroatoms. The van der Waals surface area contributed by atoms with E-state index in [1.54, 1.807) is 0 Å². The van der Waals surface area contributed by atoms with Crippen molar-refractivity contribution < 1.29 is 4.79 Å². The molecule has 2 aliphatic heterocycles. The Morgan fingerprint density at radius 3 is 2.38 bits per heavy atom. The molecule has 2 aromatic carbocycles. The Morgan fingerprint density at radius 2 is 1.65 bits per heavy atom. The molecule has 4 rings (SSSR count). The summed E-state index contributed by atoms with van der Waals surface area (Å²) >= 11 is 0. The summed E-state index contributed by atoms with van der Waals surface area (Å²) in [6, 6.07) is 16.5. The monoisotopic (exact) mass is 349 g/mol. The average Bonchev–Trinajstić information content (AvgIpc) is 2.71. The summed E-state index contributed by atoms with van der Waals surface area (Å²) in [5, 5.41) is 0. The molecule has 2 aromatic rings. The molecule has 4 nitrogen and oxygen atoms in total. The predicted octanol–water partition coefficient (Wildman–Crippen LogP) is 3.03. The molecule has 0 N–H and O–H groups in total. The van der Waals surface area contributed by atoms with Gasteiger partial charge in [-0.05, 0) is 36.2 Å². The van der Waals surface area contributed by atoms with Crippen LogP contribution in [0.3, 0.4) is 0 Å². The minimum absolute atomic E-state index is 0.171. The Hall–Kier alpha value is -2.33. The van der Waals surface area contributed by atoms with Crippen molar-refractivity contribution >= 4 is 11.6 Å². The Morgan fingerprint density at radius 1 is 0.885 bits per heavy atom. The minimum Gasteiger partial charge on any atom is -0.369 e. The van der Waals surface area contributed by atoms with E-state index in [0.29, 0.717) is 6.54 Å². The Bertz CT molecular complexity index is 766. The number of carbonyl (C=O) groups excluding carboxylic acids is 1. The van der Waals surface area contributed by atoms with Crippen LogP contribution in [0.15, 0.2) is 48.5 Å². The van der Waals surface area contributed by atoms with Gasteiger partial charge in [-0.25, -0.2) is 0 Å². The fourth-order valence-electron chi connectivity index (χ4n) is 4.11. The minimum atomic E-state index is 0.171. The van der Waals surface area contributed by atoms with E-state index in [1.807, 2.05) is 35.2 Å². The summed E-state index contributed by atoms with van der Waals surface area (Å²) < 4.78 is 0. The first-order chi connectivity index (χ1) is 12.8. The second kappa shape index (κ2) is 7.50. The summed E-state index contributed by atoms with van der Waals surface area (Å²) in [7, 11) is 0. The summed E-state index contributed by atoms with van der Waals surface area (Å²) in [5.74, 6) is 0.171. The third kappa shape index (κ3) is 3.34. The van der Waals surface area contributed by atoms with Crippen LogP contribution in [-0.2, 0) is 13.0 Å². The first kappa shape index (κ1) is 17.1. The molecular formula is C22H27N3O. The number of anilines is 1. The van der Waals surface area contributed by atoms with Gasteiger partial charge in [-0.1, -0.05) is 43.3 Å². The molecule has 0 spiro atoms. The molecule has 0 radical (unpaired) electrons. The van der Waals surface area contributed by atoms with Gasteiger partial charge in [0.2, 0.25) is 0 Å². The van der Waals surface area contributed by atoms with Crippen LogP contribution in [0.25, 0.3) is 0 Å². The highest BCUT2D eigenvalue weighted by molar-refractivity contribution is 5.98. The quantitative estimate of drug-likeness (QED) is 0.849. The lowest BCUT2D eigenvalue weighted by molar-refractivity contribution is 0.0727. The highest BCUT2D eigenvalue weighted by Crippen LogP contribution is 2.30. The van der Waals surface area contributed by atoms with Crippen molar-refractivity contribution in [3.8, 4) is 0 Å². The average molecular weight is 349 g/mol. The molecule has 1 amide bonds. The largest absolute Gasteiger partial charge is 0.369 e. The predicted molar refractivity (Wildman–Crippen MR) is 106 cm³/mol. The van der Waals surface area contributed by atoms with Crippen molar-refractivity contribution in [2.75, 3.05) is 44.2 Å². The van der Waals surface area contributed by atoms with Crippen LogP contribution in [-0.4, -0.2) is 55.0 Å². The van der Waals surface area contributed by atoms with Gasteiger partial charge in [0.05, 0.1) is 0 Å². The van der Waals surface area contributed by atoms with Gasteiger partial charge in [0.1, 0.15) is 0 Å². The molecule has 0 saturated carbocycles. The number of amides is 1. The van der Waals surface area contributed by atoms with E-state index in [1.165, 1.54) is 16.8 Å². The molecule has 0 aliphatic carbocycles. The number of hydrogen-bond donors (Lipinski definition) is 0. The van der Waals surface area contributed by atoms with Gasteiger partial charge in [0, 0.05) is 50.5 Å². The lowest BCUT2D eigenvalue weighted by atomic mass is 9.95. The Labute approximate surface area is 156 Å². The van der Waals surface area contributed by atoms with Crippen LogP contribution in [0.1, 0.15) is 28.4 Å². The number of benzene rings is 2. The van der Waals surface area contributed by atoms with Crippen LogP contribution < -0.4 is 4.90 Å². The smallest absolute Gasteiger partial charge is 0.254 e. The standard InChI is InChI=1S/C22H27N3O/c1-2-23-13-15-24(16-14-23)21-10-6-9-20-19(21)11-12-25(22(20)26)17-18-7-4-3-5-8-18/h3-10H,2,11-17H2,1H3. The molecule has 136 valence electrons. The molecule has 0 aromatic heterocycles. The highest BCUT2D eigenvalue weighted by Gasteiger charge is 2.28. The molecule has 0 unspecified atom stereocenters. The van der Waals surface area contributed by atoms with Crippen LogP contribution in [0.2, 0.25) is 0 Å². The van der Waals surface area contributed by atoms with E-state index < -0.39 is 0 Å². The lowest BCUT2D eigenvalue weighted by Gasteiger charge is -2.38. The molecule has 2 aliphatic rings. The maximum Gasteiger partial charge on any atom is 0.254 e. The lowest BCUT2D eigenvalue weighted by Crippen LogP contribution is -2.47. The number of likely N-dealkylation sites (N-methyl/N-ethyl adjacent to an activating group) is 1. The van der Waals surface area contributed by atoms with E-state index in [-0.39, 0.29) is 5.91 Å². The Balaban J connectivity index is 1.54. The number of nitrogens with zero attached hydrogens (tertiary/aromatic N) is 3. The van der Waals surface area contributed by atoms with Gasteiger partial charge in [-0.15, -0.1) is 0 Å². The fraction of sp³-hybridized carbons (Fsp3) is 0.409. The van der Waals surface area contributed by atoms with Gasteiger partial charge in [0.25, 0.3) is 5.91 Å². The van der Waals surface area contributed by atoms with Crippen LogP contribution in [0.4, 0.5) is 5.69 Å². The molecule has 0 bridgehead atoms. The fourth-order valence-corrected chi connectivity index (χ4v) is 4.11. The first-order valence-electron chi connectivity index (χ1n) is 9.68. The molecule has 1 fully saturated rings. The summed E-state index contributed by atoms with van der Waals surface area (Å²) in [4.78, 5) is 20.0. The van der Waals surface area contributed by atoms with Crippen molar-refractivity contribution in [1.29, 1.82) is 0 Å². The van der Waals surface area contributed by atoms with Crippen molar-refractivity contribution in [2.45, 2.75) is 19.9 Å². The van der Waals surface area contributed by atoms with Gasteiger partial charge < -0.3 is 14.7 Å². The summed E-state index contributed by atoms with van der Waals surface area (Å²) in [6.45, 7) is 9.14. The zero-order valence-corrected chi connectivity index (χ0v) is 15.5. The number of rotatable bonds is 4. The van der Waals surface area contributed by atoms with Crippen LogP contribution >= 0.6 is 0 Å². The number of carbonyl (C=O) groups is 1. The maximum atomic E-state index is 13.1. The van der Waals surface area contributed by atoms with Gasteiger partial charge in [0.15, 0.2) is 0 Å². The third-order valence-electron chi connectivity index (χ3n) is 5.68. The molecular weight excluding hydrogens is 322 g/mol. The van der Waals surface area contributed by atoms with E-state index in [2.05, 4.69) is 34.9 Å². The van der Waals surface area contributed by atoms with E-state index in [0.717, 1.165) is 51.3 Å². The van der Waals surface area contributed by atoms with E-state index in [9.17, 15) is 4.79 Å². The zero-order valence-electron chi connectivity index (χ0n) is 15.5. The first-order valence-corrected chi connectivity index (χ1v) is 9.68. The van der Waals surface area contributed by atoms with Gasteiger partial charge in [-0.2, -0.15) is 0 Å². The normalized spacial score (nSPS) is 18.1. The van der Waals surface area contributed by atoms with Crippen molar-refractivity contribution in [3.05, 3.63) is 65.2 Å². The molecule has 1 saturated heterocycles. The number of fused-ring (bicyclic) bond motifs is 1.